The van der Waals surface area contributed by atoms with Crippen molar-refractivity contribution in [1.29, 1.82) is 0 Å². The van der Waals surface area contributed by atoms with E-state index in [0.717, 1.165) is 5.39 Å². The normalized spacial score (nSPS) is 13.7. The summed E-state index contributed by atoms with van der Waals surface area (Å²) >= 11 is 3.34. The molecule has 0 saturated carbocycles. The summed E-state index contributed by atoms with van der Waals surface area (Å²) in [6.07, 6.45) is 0. The maximum Gasteiger partial charge on any atom is 0.252 e. The molecule has 0 fully saturated rings. The second-order valence-corrected chi connectivity index (χ2v) is 6.44. The Morgan fingerprint density at radius 1 is 1.22 bits per heavy atom. The molecular formula is C18H16BrNO3. The van der Waals surface area contributed by atoms with Crippen molar-refractivity contribution in [1.82, 2.24) is 5.32 Å². The lowest BCUT2D eigenvalue weighted by atomic mass is 10.0. The molecule has 1 atom stereocenters. The fourth-order valence-electron chi connectivity index (χ4n) is 2.33. The van der Waals surface area contributed by atoms with Crippen molar-refractivity contribution in [2.75, 3.05) is 6.54 Å². The van der Waals surface area contributed by atoms with Gasteiger partial charge in [0.1, 0.15) is 16.9 Å². The van der Waals surface area contributed by atoms with Gasteiger partial charge in [-0.3, -0.25) is 4.79 Å². The van der Waals surface area contributed by atoms with E-state index < -0.39 is 5.60 Å². The number of furan rings is 1. The van der Waals surface area contributed by atoms with Crippen LogP contribution < -0.4 is 5.32 Å². The molecule has 0 aliphatic rings. The zero-order valence-corrected chi connectivity index (χ0v) is 14.1. The van der Waals surface area contributed by atoms with Crippen LogP contribution in [0.1, 0.15) is 23.0 Å². The Hall–Kier alpha value is -2.11. The van der Waals surface area contributed by atoms with E-state index in [1.165, 1.54) is 0 Å². The number of fused-ring (bicyclic) bond motifs is 1. The Morgan fingerprint density at radius 3 is 2.65 bits per heavy atom. The number of nitrogens with one attached hydrogen (secondary N) is 1. The van der Waals surface area contributed by atoms with Gasteiger partial charge in [0.05, 0.1) is 12.1 Å². The largest absolute Gasteiger partial charge is 0.458 e. The van der Waals surface area contributed by atoms with Crippen molar-refractivity contribution < 1.29 is 14.3 Å². The van der Waals surface area contributed by atoms with Crippen LogP contribution in [0.15, 0.2) is 63.5 Å². The van der Waals surface area contributed by atoms with Gasteiger partial charge in [-0.05, 0) is 47.1 Å². The molecule has 0 spiro atoms. The average Bonchev–Trinajstić information content (AvgIpc) is 2.98. The van der Waals surface area contributed by atoms with Crippen molar-refractivity contribution in [3.63, 3.8) is 0 Å². The summed E-state index contributed by atoms with van der Waals surface area (Å²) in [6, 6.07) is 16.5. The van der Waals surface area contributed by atoms with Crippen LogP contribution in [0.25, 0.3) is 11.0 Å². The highest BCUT2D eigenvalue weighted by atomic mass is 79.9. The molecule has 0 radical (unpaired) electrons. The molecule has 1 amide bonds. The first kappa shape index (κ1) is 15.8. The van der Waals surface area contributed by atoms with E-state index in [4.69, 9.17) is 4.42 Å². The molecule has 2 N–H and O–H groups in total. The molecule has 118 valence electrons. The lowest BCUT2D eigenvalue weighted by Gasteiger charge is -2.21. The summed E-state index contributed by atoms with van der Waals surface area (Å²) in [5, 5.41) is 14.3. The molecule has 4 nitrogen and oxygen atoms in total. The molecule has 23 heavy (non-hydrogen) atoms. The number of aliphatic hydroxyl groups is 1. The number of amides is 1. The Bertz CT molecular complexity index is 821. The van der Waals surface area contributed by atoms with Gasteiger partial charge in [-0.25, -0.2) is 0 Å². The third kappa shape index (κ3) is 3.30. The molecule has 5 heteroatoms. The maximum atomic E-state index is 12.2. The Kier molecular flexibility index (Phi) is 4.24. The first-order chi connectivity index (χ1) is 11.0. The third-order valence-corrected chi connectivity index (χ3v) is 4.36. The SMILES string of the molecule is CC(O)(CNC(=O)c1ccccc1Br)c1cc2ccccc2o1. The number of benzene rings is 2. The maximum absolute atomic E-state index is 12.2. The third-order valence-electron chi connectivity index (χ3n) is 3.67. The summed E-state index contributed by atoms with van der Waals surface area (Å²) in [7, 11) is 0. The van der Waals surface area contributed by atoms with Crippen LogP contribution in [0.4, 0.5) is 0 Å². The van der Waals surface area contributed by atoms with E-state index in [1.807, 2.05) is 30.3 Å². The van der Waals surface area contributed by atoms with Crippen LogP contribution >= 0.6 is 15.9 Å². The number of halogens is 1. The van der Waals surface area contributed by atoms with Gasteiger partial charge in [0.15, 0.2) is 0 Å². The minimum atomic E-state index is -1.30. The van der Waals surface area contributed by atoms with Crippen molar-refractivity contribution in [3.8, 4) is 0 Å². The standard InChI is InChI=1S/C18H16BrNO3/c1-18(22,16-10-12-6-2-5-9-15(12)23-16)11-20-17(21)13-7-3-4-8-14(13)19/h2-10,22H,11H2,1H3,(H,20,21). The Labute approximate surface area is 142 Å². The zero-order chi connectivity index (χ0) is 16.4. The van der Waals surface area contributed by atoms with Gasteiger partial charge >= 0.3 is 0 Å². The molecule has 1 heterocycles. The van der Waals surface area contributed by atoms with Crippen LogP contribution in [0.2, 0.25) is 0 Å². The van der Waals surface area contributed by atoms with Crippen molar-refractivity contribution >= 4 is 32.8 Å². The van der Waals surface area contributed by atoms with Crippen molar-refractivity contribution in [2.24, 2.45) is 0 Å². The number of hydrogen-bond donors (Lipinski definition) is 2. The van der Waals surface area contributed by atoms with E-state index in [2.05, 4.69) is 21.2 Å². The minimum absolute atomic E-state index is 0.0486. The van der Waals surface area contributed by atoms with Crippen LogP contribution in [-0.2, 0) is 5.60 Å². The number of hydrogen-bond acceptors (Lipinski definition) is 3. The minimum Gasteiger partial charge on any atom is -0.458 e. The Balaban J connectivity index is 1.76. The van der Waals surface area contributed by atoms with Gasteiger partial charge in [0.2, 0.25) is 0 Å². The molecule has 0 aliphatic carbocycles. The molecule has 0 bridgehead atoms. The quantitative estimate of drug-likeness (QED) is 0.730. The van der Waals surface area contributed by atoms with Crippen molar-refractivity contribution in [3.05, 3.63) is 70.4 Å². The van der Waals surface area contributed by atoms with Gasteiger partial charge in [0.25, 0.3) is 5.91 Å². The second kappa shape index (κ2) is 6.18. The van der Waals surface area contributed by atoms with Gasteiger partial charge in [0, 0.05) is 9.86 Å². The predicted molar refractivity (Wildman–Crippen MR) is 92.3 cm³/mol. The lowest BCUT2D eigenvalue weighted by molar-refractivity contribution is 0.0344. The smallest absolute Gasteiger partial charge is 0.252 e. The molecular weight excluding hydrogens is 358 g/mol. The van der Waals surface area contributed by atoms with E-state index in [1.54, 1.807) is 31.2 Å². The van der Waals surface area contributed by atoms with Gasteiger partial charge in [-0.2, -0.15) is 0 Å². The van der Waals surface area contributed by atoms with E-state index in [0.29, 0.717) is 21.4 Å². The molecule has 3 rings (SSSR count). The van der Waals surface area contributed by atoms with Gasteiger partial charge < -0.3 is 14.8 Å². The molecule has 1 unspecified atom stereocenters. The summed E-state index contributed by atoms with van der Waals surface area (Å²) in [4.78, 5) is 12.2. The number of carbonyl (C=O) groups is 1. The first-order valence-electron chi connectivity index (χ1n) is 7.21. The van der Waals surface area contributed by atoms with Crippen LogP contribution in [-0.4, -0.2) is 17.6 Å². The van der Waals surface area contributed by atoms with E-state index in [9.17, 15) is 9.90 Å². The van der Waals surface area contributed by atoms with Crippen molar-refractivity contribution in [2.45, 2.75) is 12.5 Å². The second-order valence-electron chi connectivity index (χ2n) is 5.58. The highest BCUT2D eigenvalue weighted by Crippen LogP contribution is 2.27. The number of carbonyl (C=O) groups excluding carboxylic acids is 1. The predicted octanol–water partition coefficient (Wildman–Crippen LogP) is 3.83. The average molecular weight is 374 g/mol. The molecule has 2 aromatic carbocycles. The fraction of sp³-hybridized carbons (Fsp3) is 0.167. The van der Waals surface area contributed by atoms with Gasteiger partial charge in [-0.1, -0.05) is 30.3 Å². The number of rotatable bonds is 4. The summed E-state index contributed by atoms with van der Waals surface area (Å²) in [5.74, 6) is 0.167. The molecule has 0 saturated heterocycles. The monoisotopic (exact) mass is 373 g/mol. The zero-order valence-electron chi connectivity index (χ0n) is 12.5. The Morgan fingerprint density at radius 2 is 1.91 bits per heavy atom. The van der Waals surface area contributed by atoms with Crippen LogP contribution in [0, 0.1) is 0 Å². The molecule has 3 aromatic rings. The first-order valence-corrected chi connectivity index (χ1v) is 8.01. The van der Waals surface area contributed by atoms with Crippen LogP contribution in [0.3, 0.4) is 0 Å². The van der Waals surface area contributed by atoms with E-state index >= 15 is 0 Å². The topological polar surface area (TPSA) is 62.5 Å². The number of para-hydroxylation sites is 1. The fourth-order valence-corrected chi connectivity index (χ4v) is 2.79. The highest BCUT2D eigenvalue weighted by Gasteiger charge is 2.28. The lowest BCUT2D eigenvalue weighted by Crippen LogP contribution is -2.38. The van der Waals surface area contributed by atoms with Crippen LogP contribution in [0.5, 0.6) is 0 Å². The van der Waals surface area contributed by atoms with E-state index in [-0.39, 0.29) is 12.5 Å². The molecule has 1 aromatic heterocycles. The molecule has 0 aliphatic heterocycles. The van der Waals surface area contributed by atoms with Gasteiger partial charge in [-0.15, -0.1) is 0 Å². The summed E-state index contributed by atoms with van der Waals surface area (Å²) < 4.78 is 6.39. The summed E-state index contributed by atoms with van der Waals surface area (Å²) in [5.41, 5.74) is -0.0662. The summed E-state index contributed by atoms with van der Waals surface area (Å²) in [6.45, 7) is 1.66. The highest BCUT2D eigenvalue weighted by molar-refractivity contribution is 9.10.